The summed E-state index contributed by atoms with van der Waals surface area (Å²) in [5, 5.41) is 9.07. The Morgan fingerprint density at radius 1 is 1.55 bits per heavy atom. The Labute approximate surface area is 61.9 Å². The highest BCUT2D eigenvalue weighted by Gasteiger charge is 2.53. The molecule has 2 fully saturated rings. The van der Waals surface area contributed by atoms with Crippen LogP contribution in [-0.4, -0.2) is 42.2 Å². The molecule has 11 heavy (non-hydrogen) atoms. The van der Waals surface area contributed by atoms with Crippen LogP contribution in [0.2, 0.25) is 0 Å². The molecule has 2 aliphatic rings. The van der Waals surface area contributed by atoms with E-state index in [1.807, 2.05) is 0 Å². The van der Waals surface area contributed by atoms with Crippen LogP contribution >= 0.6 is 0 Å². The first-order chi connectivity index (χ1) is 5.20. The number of alkyl halides is 1. The van der Waals surface area contributed by atoms with Crippen LogP contribution < -0.4 is 0 Å². The minimum Gasteiger partial charge on any atom is -0.454 e. The van der Waals surface area contributed by atoms with E-state index in [9.17, 15) is 9.18 Å². The van der Waals surface area contributed by atoms with E-state index >= 15 is 0 Å². The van der Waals surface area contributed by atoms with Crippen molar-refractivity contribution in [2.45, 2.75) is 24.5 Å². The summed E-state index contributed by atoms with van der Waals surface area (Å²) in [4.78, 5) is 10.5. The zero-order valence-electron chi connectivity index (χ0n) is 5.57. The number of rotatable bonds is 0. The molecule has 5 heteroatoms. The van der Waals surface area contributed by atoms with Gasteiger partial charge in [-0.15, -0.1) is 0 Å². The largest absolute Gasteiger partial charge is 0.454 e. The zero-order chi connectivity index (χ0) is 8.01. The number of esters is 1. The minimum absolute atomic E-state index is 0.0447. The van der Waals surface area contributed by atoms with E-state index in [0.29, 0.717) is 0 Å². The third-order valence-electron chi connectivity index (χ3n) is 1.93. The molecule has 62 valence electrons. The molecule has 4 nitrogen and oxygen atoms in total. The molecule has 0 radical (unpaired) electrons. The molecule has 0 unspecified atom stereocenters. The molecule has 2 rings (SSSR count). The van der Waals surface area contributed by atoms with Gasteiger partial charge < -0.3 is 14.6 Å². The number of fused-ring (bicyclic) bond motifs is 1. The fraction of sp³-hybridized carbons (Fsp3) is 0.833. The monoisotopic (exact) mass is 162 g/mol. The van der Waals surface area contributed by atoms with E-state index in [1.165, 1.54) is 0 Å². The van der Waals surface area contributed by atoms with Gasteiger partial charge in [0, 0.05) is 0 Å². The van der Waals surface area contributed by atoms with Crippen LogP contribution in [0.1, 0.15) is 0 Å². The maximum atomic E-state index is 12.7. The summed E-state index contributed by atoms with van der Waals surface area (Å²) in [7, 11) is 0. The van der Waals surface area contributed by atoms with E-state index in [2.05, 4.69) is 4.74 Å². The third kappa shape index (κ3) is 0.844. The Hall–Kier alpha value is -0.680. The number of carbonyl (C=O) groups excluding carboxylic acids is 1. The second-order valence-electron chi connectivity index (χ2n) is 2.67. The number of hydrogen-bond donors (Lipinski definition) is 1. The molecule has 2 heterocycles. The summed E-state index contributed by atoms with van der Waals surface area (Å²) in [6, 6.07) is 0. The summed E-state index contributed by atoms with van der Waals surface area (Å²) >= 11 is 0. The van der Waals surface area contributed by atoms with Crippen molar-refractivity contribution in [2.24, 2.45) is 0 Å². The minimum atomic E-state index is -1.72. The first kappa shape index (κ1) is 7.00. The topological polar surface area (TPSA) is 55.8 Å². The van der Waals surface area contributed by atoms with Crippen molar-refractivity contribution < 1.29 is 23.8 Å². The standard InChI is InChI=1S/C6H7FO4/c7-3-5-4(11-6(3)9)2(8)1-10-5/h2-5,8H,1H2/t2-,3+,4+,5+/m0/s1. The van der Waals surface area contributed by atoms with Crippen LogP contribution in [0.3, 0.4) is 0 Å². The van der Waals surface area contributed by atoms with E-state index in [-0.39, 0.29) is 6.61 Å². The molecule has 0 aliphatic carbocycles. The number of carbonyl (C=O) groups is 1. The summed E-state index contributed by atoms with van der Waals surface area (Å²) in [6.07, 6.45) is -4.28. The Morgan fingerprint density at radius 3 is 2.91 bits per heavy atom. The first-order valence-electron chi connectivity index (χ1n) is 3.34. The van der Waals surface area contributed by atoms with Gasteiger partial charge in [0.1, 0.15) is 12.2 Å². The molecule has 0 saturated carbocycles. The molecule has 0 aromatic carbocycles. The lowest BCUT2D eigenvalue weighted by molar-refractivity contribution is -0.148. The molecule has 2 saturated heterocycles. The van der Waals surface area contributed by atoms with Gasteiger partial charge in [-0.05, 0) is 0 Å². The maximum Gasteiger partial charge on any atom is 0.344 e. The van der Waals surface area contributed by atoms with Crippen LogP contribution in [0.25, 0.3) is 0 Å². The Kier molecular flexibility index (Phi) is 1.37. The predicted molar refractivity (Wildman–Crippen MR) is 30.5 cm³/mol. The van der Waals surface area contributed by atoms with Gasteiger partial charge >= 0.3 is 5.97 Å². The summed E-state index contributed by atoms with van der Waals surface area (Å²) < 4.78 is 22.1. The van der Waals surface area contributed by atoms with Crippen molar-refractivity contribution in [2.75, 3.05) is 6.61 Å². The van der Waals surface area contributed by atoms with Crippen LogP contribution in [0.15, 0.2) is 0 Å². The zero-order valence-corrected chi connectivity index (χ0v) is 5.57. The predicted octanol–water partition coefficient (Wildman–Crippen LogP) is -0.990. The second-order valence-corrected chi connectivity index (χ2v) is 2.67. The average molecular weight is 162 g/mol. The molecule has 0 aromatic rings. The van der Waals surface area contributed by atoms with E-state index in [0.717, 1.165) is 0 Å². The molecule has 1 N–H and O–H groups in total. The number of aliphatic hydroxyl groups excluding tert-OH is 1. The van der Waals surface area contributed by atoms with Crippen molar-refractivity contribution in [3.63, 3.8) is 0 Å². The van der Waals surface area contributed by atoms with Crippen molar-refractivity contribution in [1.82, 2.24) is 0 Å². The molecular weight excluding hydrogens is 155 g/mol. The smallest absolute Gasteiger partial charge is 0.344 e. The second kappa shape index (κ2) is 2.15. The van der Waals surface area contributed by atoms with E-state index < -0.39 is 30.5 Å². The summed E-state index contributed by atoms with van der Waals surface area (Å²) in [6.45, 7) is 0.0447. The van der Waals surface area contributed by atoms with Gasteiger partial charge in [-0.1, -0.05) is 0 Å². The van der Waals surface area contributed by atoms with Gasteiger partial charge in [-0.25, -0.2) is 9.18 Å². The summed E-state index contributed by atoms with van der Waals surface area (Å²) in [5.41, 5.74) is 0. The lowest BCUT2D eigenvalue weighted by atomic mass is 10.1. The Balaban J connectivity index is 2.18. The maximum absolute atomic E-state index is 12.7. The average Bonchev–Trinajstić information content (AvgIpc) is 2.43. The SMILES string of the molecule is O=C1O[C@H]2[C@H](OC[C@@H]2O)[C@H]1F. The van der Waals surface area contributed by atoms with Gasteiger partial charge in [0.25, 0.3) is 0 Å². The number of ether oxygens (including phenoxy) is 2. The van der Waals surface area contributed by atoms with Gasteiger partial charge in [-0.2, -0.15) is 0 Å². The number of hydrogen-bond acceptors (Lipinski definition) is 4. The highest BCUT2D eigenvalue weighted by Crippen LogP contribution is 2.29. The molecule has 0 aromatic heterocycles. The quantitative estimate of drug-likeness (QED) is 0.464. The van der Waals surface area contributed by atoms with Gasteiger partial charge in [0.05, 0.1) is 6.61 Å². The van der Waals surface area contributed by atoms with Crippen LogP contribution in [-0.2, 0) is 14.3 Å². The third-order valence-corrected chi connectivity index (χ3v) is 1.93. The van der Waals surface area contributed by atoms with Crippen molar-refractivity contribution >= 4 is 5.97 Å². The molecule has 4 atom stereocenters. The fourth-order valence-corrected chi connectivity index (χ4v) is 1.35. The lowest BCUT2D eigenvalue weighted by Gasteiger charge is -2.07. The lowest BCUT2D eigenvalue weighted by Crippen LogP contribution is -2.29. The molecule has 0 amide bonds. The molecule has 0 bridgehead atoms. The highest BCUT2D eigenvalue weighted by atomic mass is 19.1. The highest BCUT2D eigenvalue weighted by molar-refractivity contribution is 5.78. The number of halogens is 1. The first-order valence-corrected chi connectivity index (χ1v) is 3.34. The van der Waals surface area contributed by atoms with E-state index in [4.69, 9.17) is 9.84 Å². The fourth-order valence-electron chi connectivity index (χ4n) is 1.35. The van der Waals surface area contributed by atoms with Crippen LogP contribution in [0.4, 0.5) is 4.39 Å². The summed E-state index contributed by atoms with van der Waals surface area (Å²) in [5.74, 6) is -0.932. The Morgan fingerprint density at radius 2 is 2.27 bits per heavy atom. The molecule has 0 spiro atoms. The van der Waals surface area contributed by atoms with Crippen molar-refractivity contribution in [3.8, 4) is 0 Å². The normalized spacial score (nSPS) is 49.1. The van der Waals surface area contributed by atoms with Gasteiger partial charge in [0.15, 0.2) is 6.10 Å². The van der Waals surface area contributed by atoms with Crippen LogP contribution in [0.5, 0.6) is 0 Å². The Bertz CT molecular complexity index is 195. The molecular formula is C6H7FO4. The van der Waals surface area contributed by atoms with Gasteiger partial charge in [-0.3, -0.25) is 0 Å². The van der Waals surface area contributed by atoms with Gasteiger partial charge in [0.2, 0.25) is 6.17 Å². The van der Waals surface area contributed by atoms with E-state index in [1.54, 1.807) is 0 Å². The molecule has 2 aliphatic heterocycles. The van der Waals surface area contributed by atoms with Crippen LogP contribution in [0, 0.1) is 0 Å². The van der Waals surface area contributed by atoms with Crippen molar-refractivity contribution in [1.29, 1.82) is 0 Å². The van der Waals surface area contributed by atoms with Crippen molar-refractivity contribution in [3.05, 3.63) is 0 Å². The number of aliphatic hydroxyl groups is 1.